The number of hydrogen-bond acceptors (Lipinski definition) is 5. The van der Waals surface area contributed by atoms with Crippen LogP contribution in [0.5, 0.6) is 5.75 Å². The van der Waals surface area contributed by atoms with Gasteiger partial charge in [-0.3, -0.25) is 9.69 Å². The van der Waals surface area contributed by atoms with Crippen LogP contribution in [0.25, 0.3) is 21.7 Å². The molecule has 6 heteroatoms. The number of aromatic nitrogens is 1. The Hall–Kier alpha value is -3.19. The Kier molecular flexibility index (Phi) is 8.97. The van der Waals surface area contributed by atoms with E-state index in [1.807, 2.05) is 25.1 Å². The Bertz CT molecular complexity index is 1450. The molecular formula is C33H41N3O3. The number of ether oxygens (including phenoxy) is 2. The van der Waals surface area contributed by atoms with Crippen molar-refractivity contribution in [1.29, 1.82) is 0 Å². The van der Waals surface area contributed by atoms with Crippen molar-refractivity contribution in [3.63, 3.8) is 0 Å². The Morgan fingerprint density at radius 1 is 1.00 bits per heavy atom. The molecule has 0 saturated carbocycles. The number of aromatic amines is 1. The number of piperidine rings is 1. The number of fused-ring (bicyclic) bond motifs is 4. The molecule has 1 saturated heterocycles. The zero-order chi connectivity index (χ0) is 27.2. The van der Waals surface area contributed by atoms with E-state index in [0.717, 1.165) is 86.0 Å². The van der Waals surface area contributed by atoms with Crippen LogP contribution in [0.3, 0.4) is 0 Å². The van der Waals surface area contributed by atoms with Crippen LogP contribution in [0, 0.1) is 0 Å². The number of likely N-dealkylation sites (tertiary alicyclic amines) is 1. The molecule has 0 radical (unpaired) electrons. The maximum Gasteiger partial charge on any atom is 0.256 e. The molecule has 39 heavy (non-hydrogen) atoms. The molecule has 1 atom stereocenters. The molecule has 3 aromatic carbocycles. The topological polar surface area (TPSA) is 66.6 Å². The van der Waals surface area contributed by atoms with Crippen molar-refractivity contribution in [2.24, 2.45) is 0 Å². The van der Waals surface area contributed by atoms with E-state index in [1.165, 1.54) is 16.7 Å². The first-order chi connectivity index (χ1) is 19.1. The fraction of sp³-hybridized carbons (Fsp3) is 0.424. The van der Waals surface area contributed by atoms with Gasteiger partial charge in [0.1, 0.15) is 5.75 Å². The lowest BCUT2D eigenvalue weighted by atomic mass is 9.90. The SMILES string of the molecule is CCNC1CCN(C(c2ccc3c(c2)CCCO3)c2ccc3[nH]c(=O)c4ccccc4c3c2)CC1.CCOC. The lowest BCUT2D eigenvalue weighted by Crippen LogP contribution is -2.44. The fourth-order valence-electron chi connectivity index (χ4n) is 5.98. The second kappa shape index (κ2) is 12.8. The molecule has 0 amide bonds. The quantitative estimate of drug-likeness (QED) is 0.309. The second-order valence-corrected chi connectivity index (χ2v) is 10.5. The van der Waals surface area contributed by atoms with E-state index >= 15 is 0 Å². The van der Waals surface area contributed by atoms with E-state index in [2.05, 4.69) is 69.3 Å². The summed E-state index contributed by atoms with van der Waals surface area (Å²) in [6.45, 7) is 8.91. The highest BCUT2D eigenvalue weighted by Gasteiger charge is 2.28. The van der Waals surface area contributed by atoms with Crippen LogP contribution in [0.4, 0.5) is 0 Å². The smallest absolute Gasteiger partial charge is 0.256 e. The minimum Gasteiger partial charge on any atom is -0.493 e. The third-order valence-corrected chi connectivity index (χ3v) is 7.99. The molecule has 6 rings (SSSR count). The summed E-state index contributed by atoms with van der Waals surface area (Å²) < 4.78 is 10.5. The van der Waals surface area contributed by atoms with Crippen LogP contribution in [-0.4, -0.2) is 55.9 Å². The molecular weight excluding hydrogens is 486 g/mol. The summed E-state index contributed by atoms with van der Waals surface area (Å²) in [7, 11) is 1.68. The summed E-state index contributed by atoms with van der Waals surface area (Å²) in [5.74, 6) is 1.03. The monoisotopic (exact) mass is 527 g/mol. The molecule has 1 fully saturated rings. The van der Waals surface area contributed by atoms with Gasteiger partial charge in [0.25, 0.3) is 5.56 Å². The molecule has 3 heterocycles. The van der Waals surface area contributed by atoms with Crippen LogP contribution < -0.4 is 15.6 Å². The Labute approximate surface area is 231 Å². The number of nitrogens with zero attached hydrogens (tertiary/aromatic N) is 1. The number of pyridine rings is 1. The molecule has 2 N–H and O–H groups in total. The van der Waals surface area contributed by atoms with Crippen molar-refractivity contribution in [3.05, 3.63) is 87.7 Å². The molecule has 2 aliphatic heterocycles. The van der Waals surface area contributed by atoms with Gasteiger partial charge >= 0.3 is 0 Å². The van der Waals surface area contributed by atoms with Crippen molar-refractivity contribution in [3.8, 4) is 5.75 Å². The first kappa shape index (κ1) is 27.4. The van der Waals surface area contributed by atoms with E-state index in [4.69, 9.17) is 4.74 Å². The van der Waals surface area contributed by atoms with Crippen LogP contribution >= 0.6 is 0 Å². The average molecular weight is 528 g/mol. The zero-order valence-corrected chi connectivity index (χ0v) is 23.5. The van der Waals surface area contributed by atoms with Gasteiger partial charge in [0, 0.05) is 49.1 Å². The van der Waals surface area contributed by atoms with E-state index in [1.54, 1.807) is 7.11 Å². The van der Waals surface area contributed by atoms with Crippen molar-refractivity contribution in [2.45, 2.75) is 51.6 Å². The largest absolute Gasteiger partial charge is 0.493 e. The molecule has 4 aromatic rings. The summed E-state index contributed by atoms with van der Waals surface area (Å²) in [6, 6.07) is 22.0. The van der Waals surface area contributed by atoms with Gasteiger partial charge in [-0.05, 0) is 85.5 Å². The lowest BCUT2D eigenvalue weighted by molar-refractivity contribution is 0.164. The molecule has 1 unspecified atom stereocenters. The molecule has 206 valence electrons. The third kappa shape index (κ3) is 6.03. The Balaban J connectivity index is 0.000000723. The van der Waals surface area contributed by atoms with E-state index < -0.39 is 0 Å². The Morgan fingerprint density at radius 3 is 2.46 bits per heavy atom. The van der Waals surface area contributed by atoms with Gasteiger partial charge in [0.2, 0.25) is 0 Å². The first-order valence-electron chi connectivity index (χ1n) is 14.4. The predicted octanol–water partition coefficient (Wildman–Crippen LogP) is 5.82. The van der Waals surface area contributed by atoms with Gasteiger partial charge < -0.3 is 19.8 Å². The van der Waals surface area contributed by atoms with Crippen molar-refractivity contribution >= 4 is 21.7 Å². The summed E-state index contributed by atoms with van der Waals surface area (Å²) in [5, 5.41) is 6.49. The fourth-order valence-corrected chi connectivity index (χ4v) is 5.98. The number of benzene rings is 3. The van der Waals surface area contributed by atoms with E-state index in [-0.39, 0.29) is 11.6 Å². The maximum absolute atomic E-state index is 12.6. The lowest BCUT2D eigenvalue weighted by Gasteiger charge is -2.38. The van der Waals surface area contributed by atoms with Gasteiger partial charge in [-0.1, -0.05) is 43.3 Å². The molecule has 2 aliphatic rings. The number of methoxy groups -OCH3 is 1. The number of nitrogens with one attached hydrogen (secondary N) is 2. The van der Waals surface area contributed by atoms with E-state index in [0.29, 0.717) is 6.04 Å². The number of aryl methyl sites for hydroxylation is 1. The molecule has 1 aromatic heterocycles. The molecule has 0 spiro atoms. The van der Waals surface area contributed by atoms with E-state index in [9.17, 15) is 4.79 Å². The van der Waals surface area contributed by atoms with Crippen LogP contribution in [0.1, 0.15) is 55.8 Å². The summed E-state index contributed by atoms with van der Waals surface area (Å²) >= 11 is 0. The van der Waals surface area contributed by atoms with Crippen LogP contribution in [0.2, 0.25) is 0 Å². The number of hydrogen-bond donors (Lipinski definition) is 2. The Morgan fingerprint density at radius 2 is 1.72 bits per heavy atom. The molecule has 0 bridgehead atoms. The minimum atomic E-state index is -0.0300. The van der Waals surface area contributed by atoms with Gasteiger partial charge in [0.15, 0.2) is 0 Å². The molecule has 0 aliphatic carbocycles. The highest BCUT2D eigenvalue weighted by molar-refractivity contribution is 6.05. The third-order valence-electron chi connectivity index (χ3n) is 7.99. The normalized spacial score (nSPS) is 16.8. The predicted molar refractivity (Wildman–Crippen MR) is 160 cm³/mol. The van der Waals surface area contributed by atoms with Gasteiger partial charge in [-0.15, -0.1) is 0 Å². The number of H-pyrrole nitrogens is 1. The minimum absolute atomic E-state index is 0.0300. The second-order valence-electron chi connectivity index (χ2n) is 10.5. The molecule has 6 nitrogen and oxygen atoms in total. The number of rotatable bonds is 6. The first-order valence-corrected chi connectivity index (χ1v) is 14.4. The summed E-state index contributed by atoms with van der Waals surface area (Å²) in [4.78, 5) is 18.3. The highest BCUT2D eigenvalue weighted by atomic mass is 16.5. The van der Waals surface area contributed by atoms with Crippen molar-refractivity contribution in [1.82, 2.24) is 15.2 Å². The standard InChI is InChI=1S/C30H33N3O2.C3H8O/c1-2-31-23-13-15-33(16-14-23)29(21-10-12-28-20(18-21)6-5-17-35-28)22-9-11-27-26(19-22)24-7-3-4-8-25(24)30(34)32-27;1-3-4-2/h3-4,7-12,18-19,23,29,31H,2,5-6,13-17H2,1H3,(H,32,34);3H2,1-2H3. The van der Waals surface area contributed by atoms with Gasteiger partial charge in [-0.2, -0.15) is 0 Å². The highest BCUT2D eigenvalue weighted by Crippen LogP contribution is 2.36. The summed E-state index contributed by atoms with van der Waals surface area (Å²) in [6.07, 6.45) is 4.46. The maximum atomic E-state index is 12.6. The van der Waals surface area contributed by atoms with Crippen LogP contribution in [-0.2, 0) is 11.2 Å². The van der Waals surface area contributed by atoms with Crippen LogP contribution in [0.15, 0.2) is 65.5 Å². The zero-order valence-electron chi connectivity index (χ0n) is 23.5. The summed E-state index contributed by atoms with van der Waals surface area (Å²) in [5.41, 5.74) is 4.77. The van der Waals surface area contributed by atoms with Crippen molar-refractivity contribution in [2.75, 3.05) is 40.0 Å². The average Bonchev–Trinajstić information content (AvgIpc) is 2.99. The van der Waals surface area contributed by atoms with Crippen molar-refractivity contribution < 1.29 is 9.47 Å². The van der Waals surface area contributed by atoms with Gasteiger partial charge in [-0.25, -0.2) is 0 Å². The van der Waals surface area contributed by atoms with Gasteiger partial charge in [0.05, 0.1) is 12.6 Å².